The van der Waals surface area contributed by atoms with Gasteiger partial charge >= 0.3 is 5.97 Å². The molecule has 0 fully saturated rings. The Morgan fingerprint density at radius 3 is 2.48 bits per heavy atom. The summed E-state index contributed by atoms with van der Waals surface area (Å²) >= 11 is 0. The minimum Gasteiger partial charge on any atom is -0.476 e. The largest absolute Gasteiger partial charge is 0.476 e. The Bertz CT molecular complexity index is 1020. The summed E-state index contributed by atoms with van der Waals surface area (Å²) in [5, 5.41) is 17.1. The van der Waals surface area contributed by atoms with Crippen molar-refractivity contribution in [3.8, 4) is 5.69 Å². The molecule has 0 atom stereocenters. The van der Waals surface area contributed by atoms with Crippen LogP contribution in [0, 0.1) is 6.92 Å². The van der Waals surface area contributed by atoms with Crippen LogP contribution in [0.2, 0.25) is 0 Å². The average molecular weight is 361 g/mol. The molecule has 136 valence electrons. The Morgan fingerprint density at radius 2 is 1.81 bits per heavy atom. The standard InChI is InChI=1S/C21H19N3O3/c1-3-17-20(21(26)27)22-23-24(17)18-7-5-4-6-15(18)12-13-19(25)16-10-8-14(2)9-11-16/h4-13H,3H2,1-2H3,(H,26,27). The number of carboxylic acids is 1. The predicted molar refractivity (Wildman–Crippen MR) is 102 cm³/mol. The zero-order chi connectivity index (χ0) is 19.4. The SMILES string of the molecule is CCc1c(C(=O)O)nnn1-c1ccccc1C=CC(=O)c1ccc(C)cc1. The van der Waals surface area contributed by atoms with Crippen molar-refractivity contribution in [3.05, 3.63) is 82.7 Å². The lowest BCUT2D eigenvalue weighted by atomic mass is 10.1. The highest BCUT2D eigenvalue weighted by Gasteiger charge is 2.19. The molecule has 0 saturated heterocycles. The maximum Gasteiger partial charge on any atom is 0.358 e. The minimum atomic E-state index is -1.11. The Labute approximate surface area is 156 Å². The van der Waals surface area contributed by atoms with Gasteiger partial charge in [-0.1, -0.05) is 60.2 Å². The molecule has 0 spiro atoms. The van der Waals surface area contributed by atoms with Crippen molar-refractivity contribution in [3.63, 3.8) is 0 Å². The van der Waals surface area contributed by atoms with Crippen molar-refractivity contribution in [1.29, 1.82) is 0 Å². The normalized spacial score (nSPS) is 11.0. The summed E-state index contributed by atoms with van der Waals surface area (Å²) in [5.74, 6) is -1.22. The van der Waals surface area contributed by atoms with Gasteiger partial charge in [0, 0.05) is 11.1 Å². The molecular weight excluding hydrogens is 342 g/mol. The molecule has 6 nitrogen and oxygen atoms in total. The van der Waals surface area contributed by atoms with Crippen molar-refractivity contribution >= 4 is 17.8 Å². The van der Waals surface area contributed by atoms with E-state index >= 15 is 0 Å². The van der Waals surface area contributed by atoms with Crippen LogP contribution in [-0.4, -0.2) is 31.9 Å². The number of allylic oxidation sites excluding steroid dienone is 1. The number of benzene rings is 2. The van der Waals surface area contributed by atoms with E-state index in [0.717, 1.165) is 11.1 Å². The molecule has 6 heteroatoms. The van der Waals surface area contributed by atoms with E-state index < -0.39 is 5.97 Å². The summed E-state index contributed by atoms with van der Waals surface area (Å²) < 4.78 is 1.51. The van der Waals surface area contributed by atoms with Crippen LogP contribution < -0.4 is 0 Å². The van der Waals surface area contributed by atoms with Crippen molar-refractivity contribution in [2.24, 2.45) is 0 Å². The smallest absolute Gasteiger partial charge is 0.358 e. The molecule has 1 N–H and O–H groups in total. The molecule has 1 aromatic heterocycles. The van der Waals surface area contributed by atoms with Gasteiger partial charge in [0.2, 0.25) is 0 Å². The summed E-state index contributed by atoms with van der Waals surface area (Å²) in [6.45, 7) is 3.82. The number of ketones is 1. The van der Waals surface area contributed by atoms with Crippen LogP contribution in [0.3, 0.4) is 0 Å². The van der Waals surface area contributed by atoms with Gasteiger partial charge in [-0.05, 0) is 31.6 Å². The number of hydrogen-bond donors (Lipinski definition) is 1. The van der Waals surface area contributed by atoms with Gasteiger partial charge in [0.15, 0.2) is 11.5 Å². The first-order valence-corrected chi connectivity index (χ1v) is 8.57. The van der Waals surface area contributed by atoms with Crippen LogP contribution in [0.25, 0.3) is 11.8 Å². The third kappa shape index (κ3) is 3.84. The number of carbonyl (C=O) groups is 2. The van der Waals surface area contributed by atoms with E-state index in [9.17, 15) is 14.7 Å². The predicted octanol–water partition coefficient (Wildman–Crippen LogP) is 3.73. The van der Waals surface area contributed by atoms with Crippen LogP contribution in [0.1, 0.15) is 44.6 Å². The maximum absolute atomic E-state index is 12.4. The number of aryl methyl sites for hydroxylation is 1. The highest BCUT2D eigenvalue weighted by atomic mass is 16.4. The first kappa shape index (κ1) is 18.3. The lowest BCUT2D eigenvalue weighted by molar-refractivity contribution is 0.0689. The van der Waals surface area contributed by atoms with E-state index in [4.69, 9.17) is 0 Å². The first-order valence-electron chi connectivity index (χ1n) is 8.57. The fraction of sp³-hybridized carbons (Fsp3) is 0.143. The Kier molecular flexibility index (Phi) is 5.26. The fourth-order valence-electron chi connectivity index (χ4n) is 2.78. The lowest BCUT2D eigenvalue weighted by Crippen LogP contribution is -2.07. The number of aromatic carboxylic acids is 1. The van der Waals surface area contributed by atoms with Gasteiger partial charge in [-0.25, -0.2) is 9.48 Å². The summed E-state index contributed by atoms with van der Waals surface area (Å²) in [6, 6.07) is 14.7. The minimum absolute atomic E-state index is 0.0629. The number of rotatable bonds is 6. The molecule has 0 aliphatic carbocycles. The van der Waals surface area contributed by atoms with E-state index in [1.165, 1.54) is 10.8 Å². The van der Waals surface area contributed by atoms with Crippen LogP contribution >= 0.6 is 0 Å². The second kappa shape index (κ2) is 7.78. The second-order valence-corrected chi connectivity index (χ2v) is 6.08. The van der Waals surface area contributed by atoms with Gasteiger partial charge in [-0.3, -0.25) is 4.79 Å². The Morgan fingerprint density at radius 1 is 1.11 bits per heavy atom. The molecule has 0 aliphatic heterocycles. The maximum atomic E-state index is 12.4. The highest BCUT2D eigenvalue weighted by molar-refractivity contribution is 6.07. The zero-order valence-corrected chi connectivity index (χ0v) is 15.1. The second-order valence-electron chi connectivity index (χ2n) is 6.08. The van der Waals surface area contributed by atoms with Crippen molar-refractivity contribution in [1.82, 2.24) is 15.0 Å². The molecule has 2 aromatic carbocycles. The van der Waals surface area contributed by atoms with Crippen molar-refractivity contribution in [2.45, 2.75) is 20.3 Å². The Hall–Kier alpha value is -3.54. The molecule has 0 bridgehead atoms. The van der Waals surface area contributed by atoms with Gasteiger partial charge in [0.25, 0.3) is 0 Å². The molecule has 0 aliphatic rings. The third-order valence-corrected chi connectivity index (χ3v) is 4.22. The van der Waals surface area contributed by atoms with E-state index in [1.54, 1.807) is 18.2 Å². The lowest BCUT2D eigenvalue weighted by Gasteiger charge is -2.08. The zero-order valence-electron chi connectivity index (χ0n) is 15.1. The van der Waals surface area contributed by atoms with Crippen LogP contribution in [0.15, 0.2) is 54.6 Å². The van der Waals surface area contributed by atoms with Crippen LogP contribution in [0.4, 0.5) is 0 Å². The molecular formula is C21H19N3O3. The van der Waals surface area contributed by atoms with E-state index in [1.807, 2.05) is 50.2 Å². The van der Waals surface area contributed by atoms with Gasteiger partial charge in [-0.15, -0.1) is 5.10 Å². The molecule has 1 heterocycles. The van der Waals surface area contributed by atoms with E-state index in [-0.39, 0.29) is 11.5 Å². The monoisotopic (exact) mass is 361 g/mol. The average Bonchev–Trinajstić information content (AvgIpc) is 3.11. The molecule has 0 amide bonds. The summed E-state index contributed by atoms with van der Waals surface area (Å²) in [4.78, 5) is 23.7. The molecule has 3 aromatic rings. The molecule has 0 unspecified atom stereocenters. The highest BCUT2D eigenvalue weighted by Crippen LogP contribution is 2.20. The van der Waals surface area contributed by atoms with E-state index in [0.29, 0.717) is 23.4 Å². The van der Waals surface area contributed by atoms with Crippen molar-refractivity contribution in [2.75, 3.05) is 0 Å². The molecule has 0 radical (unpaired) electrons. The van der Waals surface area contributed by atoms with Crippen LogP contribution in [-0.2, 0) is 6.42 Å². The van der Waals surface area contributed by atoms with Gasteiger partial charge in [0.1, 0.15) is 0 Å². The van der Waals surface area contributed by atoms with E-state index in [2.05, 4.69) is 10.3 Å². The fourth-order valence-corrected chi connectivity index (χ4v) is 2.78. The molecule has 0 saturated carbocycles. The summed E-state index contributed by atoms with van der Waals surface area (Å²) in [7, 11) is 0. The summed E-state index contributed by atoms with van der Waals surface area (Å²) in [6.07, 6.45) is 3.68. The molecule has 27 heavy (non-hydrogen) atoms. The number of hydrogen-bond acceptors (Lipinski definition) is 4. The Balaban J connectivity index is 1.96. The topological polar surface area (TPSA) is 85.1 Å². The first-order chi connectivity index (χ1) is 13.0. The number of nitrogens with zero attached hydrogens (tertiary/aromatic N) is 3. The van der Waals surface area contributed by atoms with Gasteiger partial charge < -0.3 is 5.11 Å². The number of para-hydroxylation sites is 1. The quantitative estimate of drug-likeness (QED) is 0.534. The van der Waals surface area contributed by atoms with Crippen molar-refractivity contribution < 1.29 is 14.7 Å². The number of aromatic nitrogens is 3. The van der Waals surface area contributed by atoms with Crippen LogP contribution in [0.5, 0.6) is 0 Å². The number of carbonyl (C=O) groups excluding carboxylic acids is 1. The summed E-state index contributed by atoms with van der Waals surface area (Å²) in [5.41, 5.74) is 3.56. The third-order valence-electron chi connectivity index (χ3n) is 4.22. The van der Waals surface area contributed by atoms with Gasteiger partial charge in [-0.2, -0.15) is 0 Å². The number of carboxylic acid groups (broad SMARTS) is 1. The van der Waals surface area contributed by atoms with Gasteiger partial charge in [0.05, 0.1) is 11.4 Å². The molecule has 3 rings (SSSR count).